The van der Waals surface area contributed by atoms with Gasteiger partial charge >= 0.3 is 5.97 Å². The minimum Gasteiger partial charge on any atom is -0.466 e. The maximum absolute atomic E-state index is 12.0. The summed E-state index contributed by atoms with van der Waals surface area (Å²) in [6.45, 7) is 3.51. The number of nitrogens with zero attached hydrogens (tertiary/aromatic N) is 1. The Hall–Kier alpha value is -1.86. The molecule has 0 spiro atoms. The quantitative estimate of drug-likeness (QED) is 0.472. The summed E-state index contributed by atoms with van der Waals surface area (Å²) in [6.07, 6.45) is -0.0476. The second kappa shape index (κ2) is 6.91. The summed E-state index contributed by atoms with van der Waals surface area (Å²) < 4.78 is 4.85. The highest BCUT2D eigenvalue weighted by molar-refractivity contribution is 6.34. The van der Waals surface area contributed by atoms with Crippen LogP contribution in [0.25, 0.3) is 0 Å². The fraction of sp³-hybridized carbons (Fsp3) is 0.357. The van der Waals surface area contributed by atoms with Crippen molar-refractivity contribution in [3.05, 3.63) is 34.9 Å². The molecule has 0 aromatic heterocycles. The summed E-state index contributed by atoms with van der Waals surface area (Å²) in [5, 5.41) is 8.30. The molecule has 0 N–H and O–H groups in total. The third kappa shape index (κ3) is 3.80. The normalized spacial score (nSPS) is 11.5. The van der Waals surface area contributed by atoms with E-state index in [1.807, 2.05) is 6.07 Å². The van der Waals surface area contributed by atoms with Crippen molar-refractivity contribution in [2.75, 3.05) is 6.61 Å². The maximum Gasteiger partial charge on any atom is 0.310 e. The zero-order valence-electron chi connectivity index (χ0n) is 10.8. The number of carbonyl (C=O) groups is 2. The number of hydrogen-bond donors (Lipinski definition) is 0. The van der Waals surface area contributed by atoms with Gasteiger partial charge in [-0.05, 0) is 25.5 Å². The van der Waals surface area contributed by atoms with Gasteiger partial charge in [-0.3, -0.25) is 9.59 Å². The second-order valence-electron chi connectivity index (χ2n) is 3.91. The van der Waals surface area contributed by atoms with Crippen LogP contribution in [0.4, 0.5) is 0 Å². The minimum atomic E-state index is -0.754. The van der Waals surface area contributed by atoms with Crippen molar-refractivity contribution in [1.29, 1.82) is 5.26 Å². The summed E-state index contributed by atoms with van der Waals surface area (Å²) in [5.41, 5.74) is 0.898. The van der Waals surface area contributed by atoms with Crippen molar-refractivity contribution in [3.8, 4) is 6.07 Å². The van der Waals surface area contributed by atoms with Crippen molar-refractivity contribution in [2.45, 2.75) is 25.6 Å². The largest absolute Gasteiger partial charge is 0.466 e. The SMILES string of the molecule is CCOC(=O)Cc1cccc(C#N)c1C(=O)C(C)Cl. The maximum atomic E-state index is 12.0. The average Bonchev–Trinajstić information content (AvgIpc) is 2.37. The van der Waals surface area contributed by atoms with Gasteiger partial charge in [0.15, 0.2) is 5.78 Å². The van der Waals surface area contributed by atoms with E-state index in [9.17, 15) is 9.59 Å². The van der Waals surface area contributed by atoms with E-state index in [2.05, 4.69) is 0 Å². The van der Waals surface area contributed by atoms with E-state index >= 15 is 0 Å². The molecule has 0 fully saturated rings. The molecule has 19 heavy (non-hydrogen) atoms. The lowest BCUT2D eigenvalue weighted by Gasteiger charge is -2.11. The number of esters is 1. The predicted octanol–water partition coefficient (Wildman–Crippen LogP) is 2.47. The van der Waals surface area contributed by atoms with Crippen LogP contribution in [-0.4, -0.2) is 23.7 Å². The molecule has 0 saturated carbocycles. The summed E-state index contributed by atoms with van der Waals surface area (Å²) in [5.74, 6) is -0.799. The summed E-state index contributed by atoms with van der Waals surface area (Å²) in [6, 6.07) is 6.73. The van der Waals surface area contributed by atoms with Crippen LogP contribution in [0.5, 0.6) is 0 Å². The van der Waals surface area contributed by atoms with Gasteiger partial charge in [-0.15, -0.1) is 11.6 Å². The molecule has 1 aromatic carbocycles. The van der Waals surface area contributed by atoms with E-state index in [0.717, 1.165) is 0 Å². The van der Waals surface area contributed by atoms with E-state index in [1.54, 1.807) is 19.1 Å². The van der Waals surface area contributed by atoms with Crippen LogP contribution in [0.1, 0.15) is 35.3 Å². The smallest absolute Gasteiger partial charge is 0.310 e. The van der Waals surface area contributed by atoms with Crippen LogP contribution in [0.3, 0.4) is 0 Å². The van der Waals surface area contributed by atoms with Crippen molar-refractivity contribution >= 4 is 23.4 Å². The lowest BCUT2D eigenvalue weighted by Crippen LogP contribution is -2.17. The molecule has 4 nitrogen and oxygen atoms in total. The second-order valence-corrected chi connectivity index (χ2v) is 4.57. The molecule has 0 amide bonds. The van der Waals surface area contributed by atoms with Gasteiger partial charge < -0.3 is 4.74 Å². The number of alkyl halides is 1. The highest BCUT2D eigenvalue weighted by Crippen LogP contribution is 2.19. The number of ketones is 1. The Morgan fingerprint density at radius 3 is 2.68 bits per heavy atom. The first kappa shape index (κ1) is 15.2. The lowest BCUT2D eigenvalue weighted by atomic mass is 9.95. The lowest BCUT2D eigenvalue weighted by molar-refractivity contribution is -0.142. The van der Waals surface area contributed by atoms with Crippen LogP contribution >= 0.6 is 11.6 Å². The van der Waals surface area contributed by atoms with Crippen LogP contribution in [0, 0.1) is 11.3 Å². The molecular weight excluding hydrogens is 266 g/mol. The standard InChI is InChI=1S/C14H14ClNO3/c1-3-19-12(17)7-10-5-4-6-11(8-16)13(10)14(18)9(2)15/h4-6,9H,3,7H2,1-2H3. The number of Topliss-reactive ketones (excluding diaryl/α,β-unsaturated/α-hetero) is 1. The van der Waals surface area contributed by atoms with E-state index in [-0.39, 0.29) is 29.9 Å². The number of carbonyl (C=O) groups excluding carboxylic acids is 2. The number of benzene rings is 1. The molecule has 0 heterocycles. The molecule has 0 aliphatic carbocycles. The highest BCUT2D eigenvalue weighted by Gasteiger charge is 2.21. The van der Waals surface area contributed by atoms with Gasteiger partial charge in [0.1, 0.15) is 0 Å². The summed E-state index contributed by atoms with van der Waals surface area (Å²) >= 11 is 5.79. The van der Waals surface area contributed by atoms with Gasteiger partial charge in [-0.1, -0.05) is 12.1 Å². The molecule has 0 saturated heterocycles. The van der Waals surface area contributed by atoms with Crippen molar-refractivity contribution < 1.29 is 14.3 Å². The molecule has 5 heteroatoms. The Balaban J connectivity index is 3.21. The molecule has 1 rings (SSSR count). The molecular formula is C14H14ClNO3. The topological polar surface area (TPSA) is 67.2 Å². The van der Waals surface area contributed by atoms with Crippen LogP contribution in [0.15, 0.2) is 18.2 Å². The highest BCUT2D eigenvalue weighted by atomic mass is 35.5. The average molecular weight is 280 g/mol. The van der Waals surface area contributed by atoms with Crippen molar-refractivity contribution in [2.24, 2.45) is 0 Å². The Kier molecular flexibility index (Phi) is 5.53. The van der Waals surface area contributed by atoms with Crippen molar-refractivity contribution in [3.63, 3.8) is 0 Å². The van der Waals surface area contributed by atoms with Gasteiger partial charge in [-0.2, -0.15) is 5.26 Å². The Morgan fingerprint density at radius 2 is 2.16 bits per heavy atom. The van der Waals surface area contributed by atoms with Gasteiger partial charge in [0, 0.05) is 5.56 Å². The predicted molar refractivity (Wildman–Crippen MR) is 71.1 cm³/mol. The first-order valence-corrected chi connectivity index (χ1v) is 6.30. The zero-order valence-corrected chi connectivity index (χ0v) is 11.5. The fourth-order valence-corrected chi connectivity index (χ4v) is 1.81. The first-order chi connectivity index (χ1) is 9.01. The number of rotatable bonds is 5. The first-order valence-electron chi connectivity index (χ1n) is 5.87. The molecule has 0 radical (unpaired) electrons. The van der Waals surface area contributed by atoms with Crippen LogP contribution < -0.4 is 0 Å². The van der Waals surface area contributed by atoms with Gasteiger partial charge in [-0.25, -0.2) is 0 Å². The van der Waals surface area contributed by atoms with Crippen LogP contribution in [0.2, 0.25) is 0 Å². The number of nitriles is 1. The molecule has 1 unspecified atom stereocenters. The molecule has 0 aliphatic heterocycles. The molecule has 1 aromatic rings. The fourth-order valence-electron chi connectivity index (χ4n) is 1.70. The van der Waals surface area contributed by atoms with Crippen LogP contribution in [-0.2, 0) is 16.0 Å². The molecule has 0 bridgehead atoms. The third-order valence-corrected chi connectivity index (χ3v) is 2.72. The Labute approximate surface area is 116 Å². The van der Waals surface area contributed by atoms with Crippen molar-refractivity contribution in [1.82, 2.24) is 0 Å². The molecule has 0 aliphatic rings. The number of ether oxygens (including phenoxy) is 1. The van der Waals surface area contributed by atoms with Gasteiger partial charge in [0.2, 0.25) is 0 Å². The minimum absolute atomic E-state index is 0.0476. The molecule has 1 atom stereocenters. The van der Waals surface area contributed by atoms with E-state index in [4.69, 9.17) is 21.6 Å². The Bertz CT molecular complexity index is 532. The van der Waals surface area contributed by atoms with Gasteiger partial charge in [0.25, 0.3) is 0 Å². The third-order valence-electron chi connectivity index (χ3n) is 2.52. The summed E-state index contributed by atoms with van der Waals surface area (Å²) in [7, 11) is 0. The zero-order chi connectivity index (χ0) is 14.4. The Morgan fingerprint density at radius 1 is 1.47 bits per heavy atom. The van der Waals surface area contributed by atoms with E-state index < -0.39 is 11.3 Å². The number of halogens is 1. The van der Waals surface area contributed by atoms with E-state index in [1.165, 1.54) is 13.0 Å². The number of hydrogen-bond acceptors (Lipinski definition) is 4. The summed E-state index contributed by atoms with van der Waals surface area (Å²) in [4.78, 5) is 23.6. The molecule has 100 valence electrons. The van der Waals surface area contributed by atoms with Gasteiger partial charge in [0.05, 0.1) is 30.0 Å². The van der Waals surface area contributed by atoms with E-state index in [0.29, 0.717) is 5.56 Å². The monoisotopic (exact) mass is 279 g/mol.